The summed E-state index contributed by atoms with van der Waals surface area (Å²) >= 11 is 0. The van der Waals surface area contributed by atoms with Gasteiger partial charge in [0.2, 0.25) is 0 Å². The minimum Gasteiger partial charge on any atom is -0.378 e. The van der Waals surface area contributed by atoms with E-state index in [-0.39, 0.29) is 0 Å². The Morgan fingerprint density at radius 2 is 2.00 bits per heavy atom. The maximum Gasteiger partial charge on any atom is 0.128 e. The molecule has 0 atom stereocenters. The Hall–Kier alpha value is -2.10. The van der Waals surface area contributed by atoms with Crippen molar-refractivity contribution in [2.24, 2.45) is 0 Å². The Balaban J connectivity index is 1.68. The van der Waals surface area contributed by atoms with Gasteiger partial charge in [-0.2, -0.15) is 0 Å². The molecule has 0 radical (unpaired) electrons. The van der Waals surface area contributed by atoms with Crippen molar-refractivity contribution in [3.05, 3.63) is 47.9 Å². The fraction of sp³-hybridized carbons (Fsp3) is 0.375. The van der Waals surface area contributed by atoms with Crippen LogP contribution >= 0.6 is 0 Å². The van der Waals surface area contributed by atoms with E-state index < -0.39 is 0 Å². The molecule has 3 heterocycles. The van der Waals surface area contributed by atoms with Crippen molar-refractivity contribution in [1.82, 2.24) is 9.97 Å². The number of rotatable bonds is 4. The predicted molar refractivity (Wildman–Crippen MR) is 82.0 cm³/mol. The molecule has 4 nitrogen and oxygen atoms in total. The summed E-state index contributed by atoms with van der Waals surface area (Å²) in [5.74, 6) is 1.10. The average Bonchev–Trinajstić information content (AvgIpc) is 3.01. The predicted octanol–water partition coefficient (Wildman–Crippen LogP) is 3.00. The van der Waals surface area contributed by atoms with Crippen LogP contribution in [0.3, 0.4) is 0 Å². The minimum absolute atomic E-state index is 0.729. The summed E-state index contributed by atoms with van der Waals surface area (Å²) < 4.78 is 0. The Morgan fingerprint density at radius 3 is 2.70 bits per heavy atom. The molecule has 1 aliphatic heterocycles. The lowest BCUT2D eigenvalue weighted by Gasteiger charge is -2.18. The lowest BCUT2D eigenvalue weighted by molar-refractivity contribution is 0.927. The molecule has 0 aliphatic carbocycles. The number of pyridine rings is 2. The van der Waals surface area contributed by atoms with E-state index in [4.69, 9.17) is 4.98 Å². The first kappa shape index (κ1) is 12.9. The molecule has 1 saturated heterocycles. The van der Waals surface area contributed by atoms with Crippen molar-refractivity contribution < 1.29 is 0 Å². The van der Waals surface area contributed by atoms with Gasteiger partial charge in [-0.1, -0.05) is 6.07 Å². The largest absolute Gasteiger partial charge is 0.378 e. The van der Waals surface area contributed by atoms with E-state index in [1.807, 2.05) is 24.4 Å². The molecule has 0 aromatic carbocycles. The number of nitrogens with one attached hydrogen (secondary N) is 1. The van der Waals surface area contributed by atoms with Gasteiger partial charge in [-0.25, -0.2) is 4.98 Å². The Labute approximate surface area is 119 Å². The lowest BCUT2D eigenvalue weighted by Crippen LogP contribution is -2.19. The number of nitrogens with zero attached hydrogens (tertiary/aromatic N) is 3. The summed E-state index contributed by atoms with van der Waals surface area (Å²) in [6.07, 6.45) is 4.37. The molecule has 0 bridgehead atoms. The molecule has 0 unspecified atom stereocenters. The third-order valence-corrected chi connectivity index (χ3v) is 3.69. The zero-order valence-corrected chi connectivity index (χ0v) is 11.8. The van der Waals surface area contributed by atoms with E-state index in [0.717, 1.165) is 42.5 Å². The highest BCUT2D eigenvalue weighted by atomic mass is 15.2. The van der Waals surface area contributed by atoms with Gasteiger partial charge in [-0.3, -0.25) is 4.98 Å². The van der Waals surface area contributed by atoms with E-state index in [1.54, 1.807) is 0 Å². The van der Waals surface area contributed by atoms with Crippen LogP contribution in [0, 0.1) is 6.92 Å². The number of aromatic nitrogens is 2. The van der Waals surface area contributed by atoms with Crippen molar-refractivity contribution in [3.8, 4) is 0 Å². The third kappa shape index (κ3) is 2.90. The average molecular weight is 268 g/mol. The van der Waals surface area contributed by atoms with Crippen LogP contribution in [0.4, 0.5) is 11.5 Å². The van der Waals surface area contributed by atoms with Gasteiger partial charge in [0.1, 0.15) is 5.82 Å². The van der Waals surface area contributed by atoms with Gasteiger partial charge in [0.25, 0.3) is 0 Å². The van der Waals surface area contributed by atoms with E-state index >= 15 is 0 Å². The minimum atomic E-state index is 0.729. The van der Waals surface area contributed by atoms with Crippen molar-refractivity contribution in [2.45, 2.75) is 26.3 Å². The van der Waals surface area contributed by atoms with Crippen LogP contribution < -0.4 is 10.2 Å². The van der Waals surface area contributed by atoms with Gasteiger partial charge in [-0.15, -0.1) is 0 Å². The van der Waals surface area contributed by atoms with Crippen LogP contribution in [-0.2, 0) is 6.54 Å². The van der Waals surface area contributed by atoms with Gasteiger partial charge in [0.15, 0.2) is 0 Å². The maximum absolute atomic E-state index is 4.71. The molecule has 104 valence electrons. The summed E-state index contributed by atoms with van der Waals surface area (Å²) in [4.78, 5) is 11.4. The third-order valence-electron chi connectivity index (χ3n) is 3.69. The van der Waals surface area contributed by atoms with Crippen LogP contribution in [0.15, 0.2) is 36.5 Å². The second kappa shape index (κ2) is 5.90. The van der Waals surface area contributed by atoms with Crippen LogP contribution in [0.2, 0.25) is 0 Å². The molecule has 4 heteroatoms. The molecule has 3 rings (SSSR count). The zero-order valence-electron chi connectivity index (χ0n) is 11.8. The Bertz CT molecular complexity index is 562. The normalized spacial score (nSPS) is 14.6. The van der Waals surface area contributed by atoms with Crippen LogP contribution in [0.25, 0.3) is 0 Å². The van der Waals surface area contributed by atoms with Crippen molar-refractivity contribution in [1.29, 1.82) is 0 Å². The molecule has 1 N–H and O–H groups in total. The summed E-state index contributed by atoms with van der Waals surface area (Å²) in [6.45, 7) is 5.05. The van der Waals surface area contributed by atoms with Crippen molar-refractivity contribution >= 4 is 11.5 Å². The van der Waals surface area contributed by atoms with E-state index in [9.17, 15) is 0 Å². The fourth-order valence-electron chi connectivity index (χ4n) is 2.55. The van der Waals surface area contributed by atoms with Gasteiger partial charge in [0.05, 0.1) is 23.6 Å². The first-order valence-corrected chi connectivity index (χ1v) is 7.19. The molecule has 0 spiro atoms. The quantitative estimate of drug-likeness (QED) is 0.925. The molecule has 1 aliphatic rings. The van der Waals surface area contributed by atoms with Crippen LogP contribution in [0.5, 0.6) is 0 Å². The van der Waals surface area contributed by atoms with Gasteiger partial charge in [-0.05, 0) is 44.0 Å². The zero-order chi connectivity index (χ0) is 13.8. The van der Waals surface area contributed by atoms with E-state index in [1.165, 1.54) is 12.8 Å². The second-order valence-electron chi connectivity index (χ2n) is 5.17. The van der Waals surface area contributed by atoms with Gasteiger partial charge < -0.3 is 10.2 Å². The highest BCUT2D eigenvalue weighted by Crippen LogP contribution is 2.22. The monoisotopic (exact) mass is 268 g/mol. The summed E-state index contributed by atoms with van der Waals surface area (Å²) in [5, 5.41) is 3.40. The highest BCUT2D eigenvalue weighted by Gasteiger charge is 2.14. The molecule has 1 fully saturated rings. The first-order valence-electron chi connectivity index (χ1n) is 7.19. The molecular weight excluding hydrogens is 248 g/mol. The number of hydrogen-bond donors (Lipinski definition) is 1. The summed E-state index contributed by atoms with van der Waals surface area (Å²) in [6, 6.07) is 10.2. The van der Waals surface area contributed by atoms with Gasteiger partial charge >= 0.3 is 0 Å². The molecule has 0 amide bonds. The highest BCUT2D eigenvalue weighted by molar-refractivity contribution is 5.53. The lowest BCUT2D eigenvalue weighted by atomic mass is 10.2. The second-order valence-corrected chi connectivity index (χ2v) is 5.17. The summed E-state index contributed by atoms with van der Waals surface area (Å²) in [5.41, 5.74) is 3.17. The van der Waals surface area contributed by atoms with Crippen LogP contribution in [0.1, 0.15) is 24.2 Å². The van der Waals surface area contributed by atoms with Crippen molar-refractivity contribution in [2.75, 3.05) is 23.3 Å². The standard InChI is InChI=1S/C16H20N4/c1-13-15(18-12-14-6-2-3-9-17-14)7-8-16(19-13)20-10-4-5-11-20/h2-3,6-9,18H,4-5,10-12H2,1H3. The SMILES string of the molecule is Cc1nc(N2CCCC2)ccc1NCc1ccccn1. The van der Waals surface area contributed by atoms with Crippen molar-refractivity contribution in [3.63, 3.8) is 0 Å². The summed E-state index contributed by atoms with van der Waals surface area (Å²) in [7, 11) is 0. The molecule has 20 heavy (non-hydrogen) atoms. The van der Waals surface area contributed by atoms with E-state index in [0.29, 0.717) is 0 Å². The molecule has 2 aromatic heterocycles. The number of anilines is 2. The Kier molecular flexibility index (Phi) is 3.81. The molecule has 2 aromatic rings. The number of hydrogen-bond acceptors (Lipinski definition) is 4. The fourth-order valence-corrected chi connectivity index (χ4v) is 2.55. The van der Waals surface area contributed by atoms with Crippen LogP contribution in [-0.4, -0.2) is 23.1 Å². The van der Waals surface area contributed by atoms with Gasteiger partial charge in [0, 0.05) is 19.3 Å². The topological polar surface area (TPSA) is 41.1 Å². The molecule has 0 saturated carbocycles. The molecular formula is C16H20N4. The van der Waals surface area contributed by atoms with E-state index in [2.05, 4.69) is 34.3 Å². The smallest absolute Gasteiger partial charge is 0.128 e. The first-order chi connectivity index (χ1) is 9.83. The number of aryl methyl sites for hydroxylation is 1. The Morgan fingerprint density at radius 1 is 1.15 bits per heavy atom. The maximum atomic E-state index is 4.71.